The number of likely N-dealkylation sites (tertiary alicyclic amines) is 1. The van der Waals surface area contributed by atoms with Gasteiger partial charge in [0.1, 0.15) is 5.69 Å². The van der Waals surface area contributed by atoms with Crippen LogP contribution in [0.15, 0.2) is 17.3 Å². The monoisotopic (exact) mass is 444 g/mol. The van der Waals surface area contributed by atoms with Gasteiger partial charge >= 0.3 is 6.18 Å². The van der Waals surface area contributed by atoms with E-state index in [1.54, 1.807) is 0 Å². The molecule has 2 rings (SSSR count). The van der Waals surface area contributed by atoms with E-state index in [1.165, 1.54) is 6.42 Å². The van der Waals surface area contributed by atoms with Gasteiger partial charge in [0, 0.05) is 25.8 Å². The Morgan fingerprint density at radius 2 is 2.00 bits per heavy atom. The highest BCUT2D eigenvalue weighted by molar-refractivity contribution is 14.0. The molecule has 2 heterocycles. The summed E-state index contributed by atoms with van der Waals surface area (Å²) in [4.78, 5) is 13.4. The topological polar surface area (TPSA) is 79.4 Å². The predicted octanol–water partition coefficient (Wildman–Crippen LogP) is 2.33. The van der Waals surface area contributed by atoms with Gasteiger partial charge in [-0.25, -0.2) is 9.97 Å². The summed E-state index contributed by atoms with van der Waals surface area (Å²) in [6.07, 6.45) is 0.0110. The van der Waals surface area contributed by atoms with Crippen LogP contribution in [0.2, 0.25) is 0 Å². The third-order valence-electron chi connectivity index (χ3n) is 3.29. The normalized spacial score (nSPS) is 16.0. The molecule has 0 saturated carbocycles. The third kappa shape index (κ3) is 6.36. The highest BCUT2D eigenvalue weighted by atomic mass is 127. The molecule has 130 valence electrons. The second kappa shape index (κ2) is 9.08. The molecule has 1 fully saturated rings. The molecule has 3 N–H and O–H groups in total. The average molecular weight is 444 g/mol. The lowest BCUT2D eigenvalue weighted by molar-refractivity contribution is -0.141. The highest BCUT2D eigenvalue weighted by Crippen LogP contribution is 2.27. The summed E-state index contributed by atoms with van der Waals surface area (Å²) in [6.45, 7) is 2.47. The van der Waals surface area contributed by atoms with E-state index in [1.807, 2.05) is 4.90 Å². The molecule has 0 radical (unpaired) electrons. The fourth-order valence-electron chi connectivity index (χ4n) is 2.16. The van der Waals surface area contributed by atoms with Crippen LogP contribution in [0.25, 0.3) is 0 Å². The molecular weight excluding hydrogens is 424 g/mol. The molecule has 0 atom stereocenters. The summed E-state index contributed by atoms with van der Waals surface area (Å²) in [5.74, 6) is 0.410. The van der Waals surface area contributed by atoms with Crippen LogP contribution in [0.5, 0.6) is 0 Å². The van der Waals surface area contributed by atoms with Crippen molar-refractivity contribution in [3.05, 3.63) is 18.0 Å². The van der Waals surface area contributed by atoms with Crippen molar-refractivity contribution in [3.8, 4) is 0 Å². The third-order valence-corrected chi connectivity index (χ3v) is 3.29. The van der Waals surface area contributed by atoms with E-state index in [4.69, 9.17) is 5.73 Å². The van der Waals surface area contributed by atoms with Gasteiger partial charge < -0.3 is 16.0 Å². The standard InChI is InChI=1S/C13H19F3N6.HI/c14-13(15,16)10-4-5-19-12(21-10)20-7-6-18-11(17)22-8-2-1-3-9-22;/h4-5H,1-3,6-9H2,(H2,17,18)(H,19,20,21);1H. The van der Waals surface area contributed by atoms with Gasteiger partial charge in [-0.3, -0.25) is 4.99 Å². The number of aromatic nitrogens is 2. The van der Waals surface area contributed by atoms with E-state index in [0.717, 1.165) is 38.2 Å². The second-order valence-corrected chi connectivity index (χ2v) is 4.98. The summed E-state index contributed by atoms with van der Waals surface area (Å²) < 4.78 is 37.5. The first-order valence-electron chi connectivity index (χ1n) is 7.16. The number of piperidine rings is 1. The molecule has 6 nitrogen and oxygen atoms in total. The van der Waals surface area contributed by atoms with Crippen molar-refractivity contribution in [2.75, 3.05) is 31.5 Å². The van der Waals surface area contributed by atoms with Crippen molar-refractivity contribution in [3.63, 3.8) is 0 Å². The zero-order valence-electron chi connectivity index (χ0n) is 12.5. The lowest BCUT2D eigenvalue weighted by atomic mass is 10.1. The quantitative estimate of drug-likeness (QED) is 0.323. The van der Waals surface area contributed by atoms with Crippen molar-refractivity contribution >= 4 is 35.9 Å². The summed E-state index contributed by atoms with van der Waals surface area (Å²) in [5.41, 5.74) is 4.91. The van der Waals surface area contributed by atoms with Gasteiger partial charge in [-0.15, -0.1) is 24.0 Å². The molecule has 1 saturated heterocycles. The summed E-state index contributed by atoms with van der Waals surface area (Å²) in [7, 11) is 0. The number of nitrogens with zero attached hydrogens (tertiary/aromatic N) is 4. The van der Waals surface area contributed by atoms with E-state index in [0.29, 0.717) is 19.0 Å². The van der Waals surface area contributed by atoms with Crippen LogP contribution in [0.4, 0.5) is 19.1 Å². The number of halogens is 4. The molecule has 0 amide bonds. The largest absolute Gasteiger partial charge is 0.433 e. The van der Waals surface area contributed by atoms with Crippen LogP contribution in [-0.4, -0.2) is 47.0 Å². The second-order valence-electron chi connectivity index (χ2n) is 4.98. The van der Waals surface area contributed by atoms with Gasteiger partial charge in [0.25, 0.3) is 0 Å². The Morgan fingerprint density at radius 3 is 2.65 bits per heavy atom. The minimum absolute atomic E-state index is 0. The van der Waals surface area contributed by atoms with Crippen LogP contribution < -0.4 is 11.1 Å². The van der Waals surface area contributed by atoms with Crippen LogP contribution >= 0.6 is 24.0 Å². The van der Waals surface area contributed by atoms with Crippen LogP contribution in [0.1, 0.15) is 25.0 Å². The number of aliphatic imine (C=N–C) groups is 1. The van der Waals surface area contributed by atoms with Gasteiger partial charge in [0.2, 0.25) is 5.95 Å². The minimum Gasteiger partial charge on any atom is -0.370 e. The molecule has 0 aliphatic carbocycles. The number of nitrogens with two attached hydrogens (primary N) is 1. The molecular formula is C13H20F3IN6. The molecule has 10 heteroatoms. The first-order chi connectivity index (χ1) is 10.5. The first-order valence-corrected chi connectivity index (χ1v) is 7.16. The van der Waals surface area contributed by atoms with Gasteiger partial charge in [-0.1, -0.05) is 0 Å². The average Bonchev–Trinajstić information content (AvgIpc) is 2.52. The molecule has 1 aromatic rings. The van der Waals surface area contributed by atoms with Crippen molar-refractivity contribution < 1.29 is 13.2 Å². The van der Waals surface area contributed by atoms with Crippen molar-refractivity contribution in [2.45, 2.75) is 25.4 Å². The van der Waals surface area contributed by atoms with Gasteiger partial charge in [-0.2, -0.15) is 13.2 Å². The molecule has 0 bridgehead atoms. The maximum absolute atomic E-state index is 12.5. The van der Waals surface area contributed by atoms with Gasteiger partial charge in [0.15, 0.2) is 5.96 Å². The Bertz CT molecular complexity index is 517. The molecule has 0 aromatic carbocycles. The number of nitrogens with one attached hydrogen (secondary N) is 1. The molecule has 1 aromatic heterocycles. The Balaban J connectivity index is 0.00000264. The summed E-state index contributed by atoms with van der Waals surface area (Å²) in [6, 6.07) is 0.831. The Kier molecular flexibility index (Phi) is 7.79. The van der Waals surface area contributed by atoms with Crippen molar-refractivity contribution in [1.29, 1.82) is 0 Å². The van der Waals surface area contributed by atoms with E-state index in [-0.39, 0.29) is 29.9 Å². The number of guanidine groups is 1. The first kappa shape index (κ1) is 19.7. The maximum atomic E-state index is 12.5. The molecule has 0 unspecified atom stereocenters. The summed E-state index contributed by atoms with van der Waals surface area (Å²) in [5, 5.41) is 2.71. The number of anilines is 1. The predicted molar refractivity (Wildman–Crippen MR) is 92.9 cm³/mol. The van der Waals surface area contributed by atoms with Crippen LogP contribution in [0.3, 0.4) is 0 Å². The molecule has 0 spiro atoms. The van der Waals surface area contributed by atoms with Crippen molar-refractivity contribution in [2.24, 2.45) is 10.7 Å². The zero-order valence-corrected chi connectivity index (χ0v) is 14.8. The van der Waals surface area contributed by atoms with Crippen molar-refractivity contribution in [1.82, 2.24) is 14.9 Å². The zero-order chi connectivity index (χ0) is 16.0. The Labute approximate surface area is 149 Å². The molecule has 1 aliphatic heterocycles. The molecule has 23 heavy (non-hydrogen) atoms. The number of hydrogen-bond donors (Lipinski definition) is 2. The van der Waals surface area contributed by atoms with E-state index >= 15 is 0 Å². The number of alkyl halides is 3. The minimum atomic E-state index is -4.48. The lowest BCUT2D eigenvalue weighted by Crippen LogP contribution is -2.41. The Morgan fingerprint density at radius 1 is 1.30 bits per heavy atom. The highest BCUT2D eigenvalue weighted by Gasteiger charge is 2.32. The fraction of sp³-hybridized carbons (Fsp3) is 0.615. The van der Waals surface area contributed by atoms with Crippen LogP contribution in [0, 0.1) is 0 Å². The fourth-order valence-corrected chi connectivity index (χ4v) is 2.16. The van der Waals surface area contributed by atoms with Gasteiger partial charge in [0.05, 0.1) is 6.54 Å². The SMILES string of the molecule is I.NC(=NCCNc1nccc(C(F)(F)F)n1)N1CCCCC1. The van der Waals surface area contributed by atoms with Crippen LogP contribution in [-0.2, 0) is 6.18 Å². The van der Waals surface area contributed by atoms with E-state index < -0.39 is 11.9 Å². The van der Waals surface area contributed by atoms with E-state index in [9.17, 15) is 13.2 Å². The lowest BCUT2D eigenvalue weighted by Gasteiger charge is -2.27. The van der Waals surface area contributed by atoms with E-state index in [2.05, 4.69) is 20.3 Å². The smallest absolute Gasteiger partial charge is 0.370 e. The maximum Gasteiger partial charge on any atom is 0.433 e. The number of hydrogen-bond acceptors (Lipinski definition) is 4. The van der Waals surface area contributed by atoms with Gasteiger partial charge in [-0.05, 0) is 25.3 Å². The number of rotatable bonds is 4. The Hall–Kier alpha value is -1.33. The molecule has 1 aliphatic rings. The summed E-state index contributed by atoms with van der Waals surface area (Å²) >= 11 is 0.